The zero-order valence-electron chi connectivity index (χ0n) is 14.1. The predicted molar refractivity (Wildman–Crippen MR) is 98.3 cm³/mol. The lowest BCUT2D eigenvalue weighted by atomic mass is 10.1. The van der Waals surface area contributed by atoms with E-state index in [-0.39, 0.29) is 22.9 Å². The van der Waals surface area contributed by atoms with Crippen molar-refractivity contribution in [1.82, 2.24) is 5.32 Å². The molecule has 7 heteroatoms. The van der Waals surface area contributed by atoms with Crippen LogP contribution in [0.25, 0.3) is 0 Å². The third kappa shape index (κ3) is 4.12. The molecule has 134 valence electrons. The van der Waals surface area contributed by atoms with Crippen LogP contribution < -0.4 is 10.0 Å². The van der Waals surface area contributed by atoms with Gasteiger partial charge in [0.1, 0.15) is 5.76 Å². The summed E-state index contributed by atoms with van der Waals surface area (Å²) in [5.74, 6) is 0.238. The van der Waals surface area contributed by atoms with Crippen molar-refractivity contribution in [3.8, 4) is 0 Å². The molecule has 2 aromatic carbocycles. The molecule has 26 heavy (non-hydrogen) atoms. The molecule has 1 heterocycles. The predicted octanol–water partition coefficient (Wildman–Crippen LogP) is 3.32. The maximum Gasteiger partial charge on any atom is 0.262 e. The number of hydrogen-bond acceptors (Lipinski definition) is 4. The summed E-state index contributed by atoms with van der Waals surface area (Å²) in [6, 6.07) is 16.6. The van der Waals surface area contributed by atoms with E-state index < -0.39 is 10.0 Å². The number of anilines is 1. The normalized spacial score (nSPS) is 11.1. The summed E-state index contributed by atoms with van der Waals surface area (Å²) < 4.78 is 33.1. The van der Waals surface area contributed by atoms with E-state index in [9.17, 15) is 13.2 Å². The average Bonchev–Trinajstić information content (AvgIpc) is 3.14. The maximum atomic E-state index is 12.7. The van der Waals surface area contributed by atoms with Crippen molar-refractivity contribution in [2.75, 3.05) is 4.72 Å². The van der Waals surface area contributed by atoms with Crippen LogP contribution in [0.3, 0.4) is 0 Å². The van der Waals surface area contributed by atoms with Crippen molar-refractivity contribution in [3.05, 3.63) is 83.8 Å². The van der Waals surface area contributed by atoms with Crippen LogP contribution in [-0.4, -0.2) is 14.3 Å². The van der Waals surface area contributed by atoms with Gasteiger partial charge in [0, 0.05) is 11.3 Å². The Morgan fingerprint density at radius 3 is 2.50 bits per heavy atom. The van der Waals surface area contributed by atoms with Crippen LogP contribution >= 0.6 is 0 Å². The first-order valence-corrected chi connectivity index (χ1v) is 9.43. The minimum atomic E-state index is -3.81. The molecule has 1 amide bonds. The Kier molecular flexibility index (Phi) is 5.09. The van der Waals surface area contributed by atoms with E-state index in [2.05, 4.69) is 10.0 Å². The van der Waals surface area contributed by atoms with Crippen LogP contribution in [0.4, 0.5) is 5.69 Å². The molecule has 0 aliphatic rings. The minimum Gasteiger partial charge on any atom is -0.467 e. The van der Waals surface area contributed by atoms with Crippen LogP contribution in [0.1, 0.15) is 21.7 Å². The van der Waals surface area contributed by atoms with Gasteiger partial charge in [-0.05, 0) is 48.9 Å². The topological polar surface area (TPSA) is 88.4 Å². The largest absolute Gasteiger partial charge is 0.467 e. The molecule has 0 radical (unpaired) electrons. The maximum absolute atomic E-state index is 12.7. The fourth-order valence-corrected chi connectivity index (χ4v) is 3.76. The van der Waals surface area contributed by atoms with E-state index in [1.54, 1.807) is 61.5 Å². The van der Waals surface area contributed by atoms with Gasteiger partial charge in [-0.3, -0.25) is 9.52 Å². The zero-order chi connectivity index (χ0) is 18.6. The van der Waals surface area contributed by atoms with Gasteiger partial charge in [-0.1, -0.05) is 24.3 Å². The number of hydrogen-bond donors (Lipinski definition) is 2. The second-order valence-corrected chi connectivity index (χ2v) is 7.36. The molecular weight excluding hydrogens is 352 g/mol. The van der Waals surface area contributed by atoms with Crippen molar-refractivity contribution in [2.24, 2.45) is 0 Å². The number of furan rings is 1. The quantitative estimate of drug-likeness (QED) is 0.697. The molecule has 0 saturated carbocycles. The Labute approximate surface area is 151 Å². The molecular formula is C19H18N2O4S. The van der Waals surface area contributed by atoms with Gasteiger partial charge in [-0.25, -0.2) is 8.42 Å². The van der Waals surface area contributed by atoms with Crippen LogP contribution in [-0.2, 0) is 16.6 Å². The van der Waals surface area contributed by atoms with Gasteiger partial charge < -0.3 is 9.73 Å². The summed E-state index contributed by atoms with van der Waals surface area (Å²) in [4.78, 5) is 12.4. The van der Waals surface area contributed by atoms with Gasteiger partial charge in [0.15, 0.2) is 0 Å². The van der Waals surface area contributed by atoms with E-state index in [1.807, 2.05) is 0 Å². The summed E-state index contributed by atoms with van der Waals surface area (Å²) in [5, 5.41) is 2.70. The van der Waals surface area contributed by atoms with Gasteiger partial charge in [-0.15, -0.1) is 0 Å². The van der Waals surface area contributed by atoms with Gasteiger partial charge in [0.05, 0.1) is 17.7 Å². The minimum absolute atomic E-state index is 0.0620. The lowest BCUT2D eigenvalue weighted by molar-refractivity contribution is 0.0948. The van der Waals surface area contributed by atoms with Gasteiger partial charge >= 0.3 is 0 Å². The lowest BCUT2D eigenvalue weighted by Crippen LogP contribution is -2.23. The molecule has 2 N–H and O–H groups in total. The van der Waals surface area contributed by atoms with Crippen molar-refractivity contribution in [3.63, 3.8) is 0 Å². The molecule has 0 unspecified atom stereocenters. The highest BCUT2D eigenvalue weighted by molar-refractivity contribution is 7.92. The Morgan fingerprint density at radius 2 is 1.81 bits per heavy atom. The molecule has 3 rings (SSSR count). The van der Waals surface area contributed by atoms with Crippen LogP contribution in [0, 0.1) is 6.92 Å². The standard InChI is InChI=1S/C19H18N2O4S/c1-14-9-10-15(19(22)20-13-17-8-5-11-25-17)12-18(14)26(23,24)21-16-6-3-2-4-7-16/h2-12,21H,13H2,1H3,(H,20,22). The summed E-state index contributed by atoms with van der Waals surface area (Å²) in [7, 11) is -3.81. The smallest absolute Gasteiger partial charge is 0.262 e. The molecule has 6 nitrogen and oxygen atoms in total. The second kappa shape index (κ2) is 7.45. The summed E-state index contributed by atoms with van der Waals surface area (Å²) >= 11 is 0. The van der Waals surface area contributed by atoms with Gasteiger partial charge in [-0.2, -0.15) is 0 Å². The number of aryl methyl sites for hydroxylation is 1. The number of amides is 1. The van der Waals surface area contributed by atoms with E-state index in [0.29, 0.717) is 17.0 Å². The molecule has 3 aromatic rings. The Hall–Kier alpha value is -3.06. The van der Waals surface area contributed by atoms with Crippen LogP contribution in [0.2, 0.25) is 0 Å². The average molecular weight is 370 g/mol. The molecule has 0 bridgehead atoms. The number of carbonyl (C=O) groups is 1. The SMILES string of the molecule is Cc1ccc(C(=O)NCc2ccco2)cc1S(=O)(=O)Nc1ccccc1. The first-order valence-electron chi connectivity index (χ1n) is 7.95. The molecule has 0 spiro atoms. The van der Waals surface area contributed by atoms with Gasteiger partial charge in [0.25, 0.3) is 15.9 Å². The first-order chi connectivity index (χ1) is 12.5. The number of carbonyl (C=O) groups excluding carboxylic acids is 1. The Balaban J connectivity index is 1.81. The fraction of sp³-hybridized carbons (Fsp3) is 0.105. The van der Waals surface area contributed by atoms with Crippen molar-refractivity contribution in [1.29, 1.82) is 0 Å². The van der Waals surface area contributed by atoms with Crippen LogP contribution in [0.5, 0.6) is 0 Å². The third-order valence-electron chi connectivity index (χ3n) is 3.77. The Morgan fingerprint density at radius 1 is 1.04 bits per heavy atom. The number of para-hydroxylation sites is 1. The van der Waals surface area contributed by atoms with Gasteiger partial charge in [0.2, 0.25) is 0 Å². The zero-order valence-corrected chi connectivity index (χ0v) is 14.9. The number of nitrogens with one attached hydrogen (secondary N) is 2. The first kappa shape index (κ1) is 17.8. The highest BCUT2D eigenvalue weighted by Crippen LogP contribution is 2.21. The number of rotatable bonds is 6. The van der Waals surface area contributed by atoms with Crippen LogP contribution in [0.15, 0.2) is 76.2 Å². The summed E-state index contributed by atoms with van der Waals surface area (Å²) in [5.41, 5.74) is 1.27. The molecule has 0 aliphatic heterocycles. The highest BCUT2D eigenvalue weighted by Gasteiger charge is 2.19. The molecule has 0 atom stereocenters. The number of benzene rings is 2. The van der Waals surface area contributed by atoms with E-state index in [4.69, 9.17) is 4.42 Å². The van der Waals surface area contributed by atoms with Crippen molar-refractivity contribution >= 4 is 21.6 Å². The molecule has 0 fully saturated rings. The molecule has 1 aromatic heterocycles. The molecule has 0 saturated heterocycles. The lowest BCUT2D eigenvalue weighted by Gasteiger charge is -2.12. The summed E-state index contributed by atoms with van der Waals surface area (Å²) in [6.07, 6.45) is 1.52. The van der Waals surface area contributed by atoms with E-state index in [0.717, 1.165) is 0 Å². The summed E-state index contributed by atoms with van der Waals surface area (Å²) in [6.45, 7) is 1.91. The van der Waals surface area contributed by atoms with Crippen molar-refractivity contribution in [2.45, 2.75) is 18.4 Å². The second-order valence-electron chi connectivity index (χ2n) is 5.71. The highest BCUT2D eigenvalue weighted by atomic mass is 32.2. The molecule has 0 aliphatic carbocycles. The van der Waals surface area contributed by atoms with E-state index >= 15 is 0 Å². The number of sulfonamides is 1. The van der Waals surface area contributed by atoms with Crippen molar-refractivity contribution < 1.29 is 17.6 Å². The monoisotopic (exact) mass is 370 g/mol. The fourth-order valence-electron chi connectivity index (χ4n) is 2.43. The third-order valence-corrected chi connectivity index (χ3v) is 5.29. The van der Waals surface area contributed by atoms with E-state index in [1.165, 1.54) is 12.3 Å². The Bertz CT molecular complexity index is 997.